The molecule has 0 unspecified atom stereocenters. The third-order valence-corrected chi connectivity index (χ3v) is 4.07. The summed E-state index contributed by atoms with van der Waals surface area (Å²) in [5, 5.41) is 0.753. The number of carbonyl (C=O) groups excluding carboxylic acids is 1. The molecule has 1 heterocycles. The molecule has 2 atom stereocenters. The van der Waals surface area contributed by atoms with Gasteiger partial charge in [-0.05, 0) is 31.2 Å². The first-order chi connectivity index (χ1) is 9.13. The molecule has 0 radical (unpaired) electrons. The Kier molecular flexibility index (Phi) is 3.33. The maximum atomic E-state index is 12.0. The van der Waals surface area contributed by atoms with Crippen LogP contribution in [-0.4, -0.2) is 35.5 Å². The lowest BCUT2D eigenvalue weighted by Gasteiger charge is -2.29. The van der Waals surface area contributed by atoms with Crippen molar-refractivity contribution in [3.05, 3.63) is 47.0 Å². The van der Waals surface area contributed by atoms with Crippen molar-refractivity contribution in [2.45, 2.75) is 19.0 Å². The van der Waals surface area contributed by atoms with Crippen LogP contribution in [-0.2, 0) is 11.3 Å². The second-order valence-corrected chi connectivity index (χ2v) is 5.82. The largest absolute Gasteiger partial charge is 0.323 e. The highest BCUT2D eigenvalue weighted by molar-refractivity contribution is 6.30. The molecule has 4 heteroatoms. The third kappa shape index (κ3) is 2.53. The van der Waals surface area contributed by atoms with E-state index in [1.807, 2.05) is 42.3 Å². The van der Waals surface area contributed by atoms with E-state index in [0.717, 1.165) is 18.0 Å². The molecule has 1 aliphatic heterocycles. The van der Waals surface area contributed by atoms with Crippen molar-refractivity contribution in [2.75, 3.05) is 13.7 Å². The quantitative estimate of drug-likeness (QED) is 0.789. The van der Waals surface area contributed by atoms with Crippen molar-refractivity contribution in [3.63, 3.8) is 0 Å². The van der Waals surface area contributed by atoms with Crippen LogP contribution < -0.4 is 0 Å². The second kappa shape index (κ2) is 4.99. The van der Waals surface area contributed by atoms with Crippen LogP contribution in [0.2, 0.25) is 5.02 Å². The van der Waals surface area contributed by atoms with Crippen molar-refractivity contribution in [1.82, 2.24) is 9.80 Å². The van der Waals surface area contributed by atoms with Crippen molar-refractivity contribution in [2.24, 2.45) is 5.92 Å². The zero-order valence-corrected chi connectivity index (χ0v) is 11.7. The molecule has 0 spiro atoms. The monoisotopic (exact) mass is 276 g/mol. The van der Waals surface area contributed by atoms with Crippen LogP contribution in [0.25, 0.3) is 0 Å². The number of benzene rings is 1. The molecule has 1 amide bonds. The van der Waals surface area contributed by atoms with Crippen LogP contribution in [0.5, 0.6) is 0 Å². The number of rotatable bonds is 4. The van der Waals surface area contributed by atoms with Crippen LogP contribution in [0.3, 0.4) is 0 Å². The number of nitrogens with zero attached hydrogens (tertiary/aromatic N) is 2. The average Bonchev–Trinajstić information content (AvgIpc) is 2.96. The lowest BCUT2D eigenvalue weighted by molar-refractivity contribution is -0.132. The summed E-state index contributed by atoms with van der Waals surface area (Å²) in [7, 11) is 2.04. The molecule has 1 aromatic rings. The molecule has 2 aliphatic rings. The van der Waals surface area contributed by atoms with E-state index in [0.29, 0.717) is 12.7 Å². The highest BCUT2D eigenvalue weighted by atomic mass is 35.5. The van der Waals surface area contributed by atoms with Crippen LogP contribution >= 0.6 is 11.6 Å². The number of hydrogen-bond donors (Lipinski definition) is 0. The highest BCUT2D eigenvalue weighted by Crippen LogP contribution is 2.32. The summed E-state index contributed by atoms with van der Waals surface area (Å²) in [5.41, 5.74) is 1.21. The number of hydrogen-bond acceptors (Lipinski definition) is 2. The van der Waals surface area contributed by atoms with Gasteiger partial charge in [-0.2, -0.15) is 0 Å². The third-order valence-electron chi connectivity index (χ3n) is 3.82. The molecule has 1 aliphatic carbocycles. The van der Waals surface area contributed by atoms with Crippen LogP contribution in [0.15, 0.2) is 36.4 Å². The van der Waals surface area contributed by atoms with E-state index in [1.54, 1.807) is 0 Å². The number of halogens is 1. The van der Waals surface area contributed by atoms with E-state index in [-0.39, 0.29) is 11.8 Å². The molecule has 0 saturated carbocycles. The van der Waals surface area contributed by atoms with Gasteiger partial charge in [-0.15, -0.1) is 0 Å². The van der Waals surface area contributed by atoms with Gasteiger partial charge in [-0.1, -0.05) is 35.9 Å². The Bertz CT molecular complexity index is 511. The molecule has 19 heavy (non-hydrogen) atoms. The molecular weight excluding hydrogens is 260 g/mol. The topological polar surface area (TPSA) is 23.6 Å². The molecule has 3 rings (SSSR count). The van der Waals surface area contributed by atoms with E-state index in [1.165, 1.54) is 5.56 Å². The van der Waals surface area contributed by atoms with Crippen molar-refractivity contribution in [3.8, 4) is 0 Å². The Hall–Kier alpha value is -1.32. The van der Waals surface area contributed by atoms with Gasteiger partial charge in [-0.3, -0.25) is 9.69 Å². The van der Waals surface area contributed by atoms with Crippen LogP contribution in [0.4, 0.5) is 0 Å². The molecule has 0 aromatic heterocycles. The zero-order valence-electron chi connectivity index (χ0n) is 10.9. The summed E-state index contributed by atoms with van der Waals surface area (Å²) in [6.07, 6.45) is 5.17. The smallest absolute Gasteiger partial charge is 0.231 e. The second-order valence-electron chi connectivity index (χ2n) is 5.38. The molecule has 2 bridgehead atoms. The zero-order chi connectivity index (χ0) is 13.4. The number of likely N-dealkylation sites (tertiary alicyclic amines) is 1. The minimum absolute atomic E-state index is 0.133. The Morgan fingerprint density at radius 1 is 1.32 bits per heavy atom. The van der Waals surface area contributed by atoms with E-state index in [9.17, 15) is 4.79 Å². The summed E-state index contributed by atoms with van der Waals surface area (Å²) in [6, 6.07) is 8.16. The normalized spacial score (nSPS) is 24.8. The molecule has 1 fully saturated rings. The summed E-state index contributed by atoms with van der Waals surface area (Å²) in [6.45, 7) is 1.51. The van der Waals surface area contributed by atoms with Crippen LogP contribution in [0.1, 0.15) is 12.0 Å². The molecule has 0 N–H and O–H groups in total. The van der Waals surface area contributed by atoms with Crippen LogP contribution in [0, 0.1) is 5.92 Å². The van der Waals surface area contributed by atoms with E-state index in [4.69, 9.17) is 11.6 Å². The maximum absolute atomic E-state index is 12.0. The van der Waals surface area contributed by atoms with Gasteiger partial charge >= 0.3 is 0 Å². The van der Waals surface area contributed by atoms with Crippen molar-refractivity contribution >= 4 is 17.5 Å². The number of fused-ring (bicyclic) bond motifs is 2. The first-order valence-electron chi connectivity index (χ1n) is 6.55. The van der Waals surface area contributed by atoms with Gasteiger partial charge in [0.1, 0.15) is 0 Å². The fourth-order valence-corrected chi connectivity index (χ4v) is 2.98. The van der Waals surface area contributed by atoms with Gasteiger partial charge in [0.05, 0.1) is 18.6 Å². The minimum atomic E-state index is 0.133. The Morgan fingerprint density at radius 3 is 2.68 bits per heavy atom. The van der Waals surface area contributed by atoms with Crippen molar-refractivity contribution < 1.29 is 4.79 Å². The van der Waals surface area contributed by atoms with Gasteiger partial charge < -0.3 is 4.90 Å². The molecule has 100 valence electrons. The molecule has 1 aromatic carbocycles. The Morgan fingerprint density at radius 2 is 2.05 bits per heavy atom. The standard InChI is InChI=1S/C15H17ClN2O/c1-17(9-11-2-5-13(16)6-3-11)10-18-14-7-4-12(8-14)15(18)19/h2-7,12,14H,8-10H2,1H3/t12-,14-/m0/s1. The lowest BCUT2D eigenvalue weighted by atomic mass is 10.1. The molecule has 1 saturated heterocycles. The van der Waals surface area contributed by atoms with Gasteiger partial charge in [0, 0.05) is 11.6 Å². The Balaban J connectivity index is 1.60. The minimum Gasteiger partial charge on any atom is -0.323 e. The summed E-state index contributed by atoms with van der Waals surface area (Å²) in [4.78, 5) is 16.2. The summed E-state index contributed by atoms with van der Waals surface area (Å²) < 4.78 is 0. The van der Waals surface area contributed by atoms with Gasteiger partial charge in [0.25, 0.3) is 0 Å². The first kappa shape index (κ1) is 12.7. The van der Waals surface area contributed by atoms with Gasteiger partial charge in [0.2, 0.25) is 5.91 Å². The van der Waals surface area contributed by atoms with E-state index >= 15 is 0 Å². The number of carbonyl (C=O) groups is 1. The lowest BCUT2D eigenvalue weighted by Crippen LogP contribution is -2.42. The fraction of sp³-hybridized carbons (Fsp3) is 0.400. The highest BCUT2D eigenvalue weighted by Gasteiger charge is 2.40. The predicted molar refractivity (Wildman–Crippen MR) is 75.7 cm³/mol. The molecular formula is C15H17ClN2O. The summed E-state index contributed by atoms with van der Waals surface area (Å²) in [5.74, 6) is 0.407. The molecule has 3 nitrogen and oxygen atoms in total. The van der Waals surface area contributed by atoms with Gasteiger partial charge in [0.15, 0.2) is 0 Å². The summed E-state index contributed by atoms with van der Waals surface area (Å²) >= 11 is 5.87. The predicted octanol–water partition coefficient (Wildman–Crippen LogP) is 2.52. The maximum Gasteiger partial charge on any atom is 0.231 e. The van der Waals surface area contributed by atoms with Crippen molar-refractivity contribution in [1.29, 1.82) is 0 Å². The fourth-order valence-electron chi connectivity index (χ4n) is 2.86. The average molecular weight is 277 g/mol. The van der Waals surface area contributed by atoms with E-state index in [2.05, 4.69) is 11.0 Å². The Labute approximate surface area is 118 Å². The van der Waals surface area contributed by atoms with Gasteiger partial charge in [-0.25, -0.2) is 0 Å². The SMILES string of the molecule is CN(Cc1ccc(Cl)cc1)CN1C(=O)[C@H]2C=C[C@H]1C2. The number of amides is 1. The first-order valence-corrected chi connectivity index (χ1v) is 6.93. The van der Waals surface area contributed by atoms with E-state index < -0.39 is 0 Å².